The molecule has 0 amide bonds. The normalized spacial score (nSPS) is 13.9. The largest absolute Gasteiger partial charge is 0.453 e. The maximum Gasteiger partial charge on any atom is 0.152 e. The van der Waals surface area contributed by atoms with E-state index in [1.165, 1.54) is 117 Å². The summed E-state index contributed by atoms with van der Waals surface area (Å²) < 4.78 is 21.3. The second kappa shape index (κ2) is 28.7. The summed E-state index contributed by atoms with van der Waals surface area (Å²) >= 11 is 0. The average Bonchev–Trinajstić information content (AvgIpc) is 0.751. The smallest absolute Gasteiger partial charge is 0.152 e. The van der Waals surface area contributed by atoms with Crippen molar-refractivity contribution < 1.29 is 14.2 Å². The second-order valence-electron chi connectivity index (χ2n) is 33.1. The molecule has 1 unspecified atom stereocenters. The minimum atomic E-state index is 0.472. The first kappa shape index (κ1) is 73.6. The van der Waals surface area contributed by atoms with Gasteiger partial charge in [-0.1, -0.05) is 121 Å². The molecule has 14 aromatic carbocycles. The number of hydrogen-bond acceptors (Lipinski definition) is 7. The molecule has 0 saturated carbocycles. The molecule has 18 rings (SSSR count). The van der Waals surface area contributed by atoms with Crippen LogP contribution in [-0.4, -0.2) is 0 Å². The van der Waals surface area contributed by atoms with Crippen LogP contribution in [0.15, 0.2) is 260 Å². The average molecular weight is 1500 g/mol. The highest BCUT2D eigenvalue weighted by Gasteiger charge is 2.33. The first-order chi connectivity index (χ1) is 55.3. The van der Waals surface area contributed by atoms with E-state index in [0.717, 1.165) is 154 Å². The zero-order chi connectivity index (χ0) is 79.8. The molecule has 3 heterocycles. The maximum absolute atomic E-state index is 7.15. The Labute approximate surface area is 679 Å². The molecule has 568 valence electrons. The molecular formula is C108H98N4O3. The van der Waals surface area contributed by atoms with Crippen LogP contribution in [0.25, 0.3) is 61.2 Å². The molecule has 4 aliphatic rings. The van der Waals surface area contributed by atoms with Crippen LogP contribution in [0.3, 0.4) is 0 Å². The molecule has 0 fully saturated rings. The molecule has 3 aliphatic heterocycles. The number of aryl methyl sites for hydroxylation is 10. The quantitative estimate of drug-likeness (QED) is 0.121. The van der Waals surface area contributed by atoms with Crippen LogP contribution in [0.2, 0.25) is 0 Å². The Morgan fingerprint density at radius 2 is 0.496 bits per heavy atom. The molecule has 14 aromatic rings. The predicted molar refractivity (Wildman–Crippen MR) is 484 cm³/mol. The first-order valence-corrected chi connectivity index (χ1v) is 40.5. The van der Waals surface area contributed by atoms with Crippen LogP contribution < -0.4 is 33.8 Å². The van der Waals surface area contributed by atoms with Crippen molar-refractivity contribution in [1.29, 1.82) is 0 Å². The van der Waals surface area contributed by atoms with Gasteiger partial charge in [-0.25, -0.2) is 0 Å². The lowest BCUT2D eigenvalue weighted by Gasteiger charge is -2.34. The molecule has 0 spiro atoms. The summed E-state index contributed by atoms with van der Waals surface area (Å²) in [5.74, 6) is 5.36. The lowest BCUT2D eigenvalue weighted by Crippen LogP contribution is -2.17. The number of ether oxygens (including phenoxy) is 3. The van der Waals surface area contributed by atoms with Crippen molar-refractivity contribution >= 4 is 73.8 Å². The maximum atomic E-state index is 7.15. The molecule has 0 saturated heterocycles. The number of nitrogens with zero attached hydrogens (tertiary/aromatic N) is 4. The van der Waals surface area contributed by atoms with E-state index < -0.39 is 0 Å². The number of rotatable bonds is 12. The monoisotopic (exact) mass is 1500 g/mol. The topological polar surface area (TPSA) is 40.7 Å². The Morgan fingerprint density at radius 1 is 0.243 bits per heavy atom. The van der Waals surface area contributed by atoms with Crippen molar-refractivity contribution in [2.24, 2.45) is 5.92 Å². The first-order valence-electron chi connectivity index (χ1n) is 40.5. The van der Waals surface area contributed by atoms with Gasteiger partial charge in [-0.05, 0) is 426 Å². The molecule has 0 N–H and O–H groups in total. The Hall–Kier alpha value is -12.8. The molecule has 0 radical (unpaired) electrons. The minimum Gasteiger partial charge on any atom is -0.453 e. The number of anilines is 12. The van der Waals surface area contributed by atoms with Crippen molar-refractivity contribution in [3.05, 3.63) is 349 Å². The van der Waals surface area contributed by atoms with Crippen molar-refractivity contribution in [2.75, 3.05) is 19.6 Å². The second-order valence-corrected chi connectivity index (χ2v) is 33.1. The van der Waals surface area contributed by atoms with Crippen LogP contribution in [0.1, 0.15) is 116 Å². The van der Waals surface area contributed by atoms with E-state index in [1.54, 1.807) is 0 Å². The SMILES string of the molecule is CC1=C(C)C(C)CC(c2ccc3c(c2)Oc2cc(-c4ccc(N(c5ccc(-c6ccc7c(c6)Oc6cc(-c8cc(C)c(C)c(C)c8)ccc6N7c6cc(C)c(C)c(C)c6)cc5)c5ccc(-c6ccc7c(c6)N(c6cc(C)c(C)c(C)c6)c6ccc(-c8cc(C)c(C)c(C)c8)cc6O7)cc5)cc4)ccc2N3c2cc(C)c(C)c(C)c2)=C1. The van der Waals surface area contributed by atoms with Gasteiger partial charge >= 0.3 is 0 Å². The van der Waals surface area contributed by atoms with Gasteiger partial charge in [0, 0.05) is 34.1 Å². The van der Waals surface area contributed by atoms with Crippen LogP contribution in [0.4, 0.5) is 68.2 Å². The van der Waals surface area contributed by atoms with E-state index in [1.807, 2.05) is 0 Å². The summed E-state index contributed by atoms with van der Waals surface area (Å²) in [4.78, 5) is 9.52. The van der Waals surface area contributed by atoms with Gasteiger partial charge in [0.25, 0.3) is 0 Å². The van der Waals surface area contributed by atoms with Crippen molar-refractivity contribution in [3.8, 4) is 90.1 Å². The number of hydrogen-bond donors (Lipinski definition) is 0. The van der Waals surface area contributed by atoms with E-state index in [-0.39, 0.29) is 0 Å². The van der Waals surface area contributed by atoms with Crippen LogP contribution in [0.5, 0.6) is 34.5 Å². The van der Waals surface area contributed by atoms with E-state index in [2.05, 4.69) is 393 Å². The molecule has 0 bridgehead atoms. The summed E-state index contributed by atoms with van der Waals surface area (Å²) in [7, 11) is 0. The van der Waals surface area contributed by atoms with E-state index in [9.17, 15) is 0 Å². The highest BCUT2D eigenvalue weighted by molar-refractivity contribution is 5.95. The Morgan fingerprint density at radius 3 is 0.817 bits per heavy atom. The van der Waals surface area contributed by atoms with Crippen LogP contribution in [0, 0.1) is 110 Å². The summed E-state index contributed by atoms with van der Waals surface area (Å²) in [6.07, 6.45) is 3.36. The summed E-state index contributed by atoms with van der Waals surface area (Å²) in [5, 5.41) is 0. The van der Waals surface area contributed by atoms with Gasteiger partial charge in [0.15, 0.2) is 34.5 Å². The van der Waals surface area contributed by atoms with E-state index in [0.29, 0.717) is 5.92 Å². The van der Waals surface area contributed by atoms with Gasteiger partial charge in [0.1, 0.15) is 0 Å². The Kier molecular flexibility index (Phi) is 18.4. The highest BCUT2D eigenvalue weighted by atomic mass is 16.5. The highest BCUT2D eigenvalue weighted by Crippen LogP contribution is 2.58. The Balaban J connectivity index is 0.715. The number of fused-ring (bicyclic) bond motifs is 6. The summed E-state index contributed by atoms with van der Waals surface area (Å²) in [5.41, 5.74) is 47.9. The van der Waals surface area contributed by atoms with Crippen LogP contribution in [-0.2, 0) is 0 Å². The van der Waals surface area contributed by atoms with Crippen molar-refractivity contribution in [1.82, 2.24) is 0 Å². The lowest BCUT2D eigenvalue weighted by molar-refractivity contribution is 0.477. The molecule has 7 heteroatoms. The fourth-order valence-electron chi connectivity index (χ4n) is 17.6. The lowest BCUT2D eigenvalue weighted by atomic mass is 9.83. The summed E-state index contributed by atoms with van der Waals surface area (Å²) in [6, 6.07) is 90.3. The van der Waals surface area contributed by atoms with Gasteiger partial charge in [-0.3, -0.25) is 0 Å². The molecule has 115 heavy (non-hydrogen) atoms. The molecule has 1 aliphatic carbocycles. The number of allylic oxidation sites excluding steroid dienone is 4. The van der Waals surface area contributed by atoms with Gasteiger partial charge < -0.3 is 33.8 Å². The van der Waals surface area contributed by atoms with Crippen LogP contribution >= 0.6 is 0 Å². The van der Waals surface area contributed by atoms with Gasteiger partial charge in [0.05, 0.1) is 34.1 Å². The third kappa shape index (κ3) is 13.1. The van der Waals surface area contributed by atoms with Gasteiger partial charge in [0.2, 0.25) is 0 Å². The molecule has 1 atom stereocenters. The minimum absolute atomic E-state index is 0.472. The predicted octanol–water partition coefficient (Wildman–Crippen LogP) is 31.6. The van der Waals surface area contributed by atoms with Gasteiger partial charge in [-0.15, -0.1) is 0 Å². The fraction of sp³-hybridized carbons (Fsp3) is 0.185. The molecule has 7 nitrogen and oxygen atoms in total. The Bertz CT molecular complexity index is 6330. The van der Waals surface area contributed by atoms with Crippen molar-refractivity contribution in [3.63, 3.8) is 0 Å². The molecular weight excluding hydrogens is 1400 g/mol. The third-order valence-corrected chi connectivity index (χ3v) is 25.9. The third-order valence-electron chi connectivity index (χ3n) is 25.9. The zero-order valence-electron chi connectivity index (χ0n) is 69.5. The fourth-order valence-corrected chi connectivity index (χ4v) is 17.6. The van der Waals surface area contributed by atoms with Gasteiger partial charge in [-0.2, -0.15) is 0 Å². The van der Waals surface area contributed by atoms with E-state index >= 15 is 0 Å². The van der Waals surface area contributed by atoms with E-state index in [4.69, 9.17) is 14.2 Å². The zero-order valence-corrected chi connectivity index (χ0v) is 69.5. The standard InChI is InChI=1S/C108H98N4O3/c1-61-43-88(44-62(2)73(61)13)85-29-41-101-104(58-85)113-103-42-30-82(55-102(103)112(101)96-53-71(11)78(18)72(12)54-96)79-19-31-91(32-20-79)109(92-33-21-80(22-34-92)83-25-37-97-105(56-83)114-107-59-86(89-45-63(3)74(14)64(4)46-89)27-39-99(107)110(97)94-49-67(7)76(16)68(8)50-94)93-35-23-81(24-36-93)84-26-38-98-106(57-84)115-108-60-87(90-47-65(5)75(15)66(6)48-90)28-40-100(108)111(98)95-51-69(9)77(17)70(10)52-95/h19-47,49-60,66H,48H2,1-18H3. The molecule has 0 aromatic heterocycles. The van der Waals surface area contributed by atoms with Crippen molar-refractivity contribution in [2.45, 2.75) is 131 Å². The number of benzene rings is 14. The summed E-state index contributed by atoms with van der Waals surface area (Å²) in [6.45, 7) is 40.0.